The van der Waals surface area contributed by atoms with Gasteiger partial charge in [0.1, 0.15) is 0 Å². The fraction of sp³-hybridized carbons (Fsp3) is 0.412. The second kappa shape index (κ2) is 10.6. The van der Waals surface area contributed by atoms with Crippen LogP contribution in [0.4, 0.5) is 8.78 Å². The number of hydrogen-bond donors (Lipinski definition) is 2. The highest BCUT2D eigenvalue weighted by molar-refractivity contribution is 14.0. The Hall–Kier alpha value is -1.29. The van der Waals surface area contributed by atoms with Crippen molar-refractivity contribution in [1.82, 2.24) is 15.6 Å². The van der Waals surface area contributed by atoms with Crippen LogP contribution in [0.15, 0.2) is 29.4 Å². The fourth-order valence-corrected chi connectivity index (χ4v) is 2.95. The van der Waals surface area contributed by atoms with Crippen LogP contribution in [0.1, 0.15) is 35.3 Å². The Morgan fingerprint density at radius 1 is 1.32 bits per heavy atom. The van der Waals surface area contributed by atoms with Crippen LogP contribution in [0, 0.1) is 18.6 Å². The van der Waals surface area contributed by atoms with Gasteiger partial charge >= 0.3 is 0 Å². The zero-order valence-corrected chi connectivity index (χ0v) is 17.6. The zero-order valence-electron chi connectivity index (χ0n) is 14.5. The van der Waals surface area contributed by atoms with Crippen molar-refractivity contribution < 1.29 is 8.78 Å². The van der Waals surface area contributed by atoms with Gasteiger partial charge in [-0.05, 0) is 38.5 Å². The first kappa shape index (κ1) is 21.8. The molecule has 0 fully saturated rings. The first-order valence-electron chi connectivity index (χ1n) is 7.90. The summed E-state index contributed by atoms with van der Waals surface area (Å²) in [5, 5.41) is 7.42. The number of nitrogens with one attached hydrogen (secondary N) is 2. The lowest BCUT2D eigenvalue weighted by atomic mass is 10.1. The van der Waals surface area contributed by atoms with Crippen molar-refractivity contribution >= 4 is 41.3 Å². The molecule has 1 heterocycles. The van der Waals surface area contributed by atoms with Gasteiger partial charge in [0.05, 0.1) is 11.0 Å². The number of benzene rings is 1. The molecule has 0 saturated heterocycles. The fourth-order valence-electron chi connectivity index (χ4n) is 2.17. The lowest BCUT2D eigenvalue weighted by Crippen LogP contribution is -2.39. The van der Waals surface area contributed by atoms with Crippen LogP contribution in [0.25, 0.3) is 0 Å². The molecule has 8 heteroatoms. The number of nitrogens with zero attached hydrogens (tertiary/aromatic N) is 2. The SMILES string of the molecule is CCNC(=NCCc1ncc(C)s1)NC(C)c1ccc(F)c(F)c1.I. The van der Waals surface area contributed by atoms with E-state index in [9.17, 15) is 8.78 Å². The summed E-state index contributed by atoms with van der Waals surface area (Å²) in [6.45, 7) is 7.20. The van der Waals surface area contributed by atoms with Gasteiger partial charge in [0.25, 0.3) is 0 Å². The summed E-state index contributed by atoms with van der Waals surface area (Å²) in [4.78, 5) is 10.0. The number of hydrogen-bond acceptors (Lipinski definition) is 3. The molecule has 1 atom stereocenters. The summed E-state index contributed by atoms with van der Waals surface area (Å²) >= 11 is 1.67. The number of aliphatic imine (C=N–C) groups is 1. The van der Waals surface area contributed by atoms with Gasteiger partial charge in [-0.3, -0.25) is 4.99 Å². The molecule has 0 radical (unpaired) electrons. The van der Waals surface area contributed by atoms with Crippen LogP contribution in [0.3, 0.4) is 0 Å². The van der Waals surface area contributed by atoms with Crippen molar-refractivity contribution in [2.24, 2.45) is 4.99 Å². The van der Waals surface area contributed by atoms with Crippen LogP contribution < -0.4 is 10.6 Å². The molecule has 25 heavy (non-hydrogen) atoms. The van der Waals surface area contributed by atoms with Gasteiger partial charge in [-0.1, -0.05) is 6.07 Å². The predicted molar refractivity (Wildman–Crippen MR) is 110 cm³/mol. The molecular formula is C17H23F2IN4S. The molecule has 1 aromatic carbocycles. The standard InChI is InChI=1S/C17H22F2N4S.HI/c1-4-20-17(21-8-7-16-22-10-11(2)24-16)23-12(3)13-5-6-14(18)15(19)9-13;/h5-6,9-10,12H,4,7-8H2,1-3H3,(H2,20,21,23);1H. The van der Waals surface area contributed by atoms with Gasteiger partial charge in [-0.15, -0.1) is 35.3 Å². The highest BCUT2D eigenvalue weighted by atomic mass is 127. The molecule has 0 spiro atoms. The maximum atomic E-state index is 13.4. The lowest BCUT2D eigenvalue weighted by molar-refractivity contribution is 0.504. The summed E-state index contributed by atoms with van der Waals surface area (Å²) in [5.41, 5.74) is 0.662. The maximum Gasteiger partial charge on any atom is 0.191 e. The minimum absolute atomic E-state index is 0. The highest BCUT2D eigenvalue weighted by Crippen LogP contribution is 2.16. The average Bonchev–Trinajstić information content (AvgIpc) is 2.95. The van der Waals surface area contributed by atoms with E-state index in [0.29, 0.717) is 24.6 Å². The van der Waals surface area contributed by atoms with Crippen molar-refractivity contribution in [2.75, 3.05) is 13.1 Å². The monoisotopic (exact) mass is 480 g/mol. The smallest absolute Gasteiger partial charge is 0.191 e. The molecular weight excluding hydrogens is 457 g/mol. The Labute approximate surface area is 168 Å². The Kier molecular flexibility index (Phi) is 9.26. The summed E-state index contributed by atoms with van der Waals surface area (Å²) in [7, 11) is 0. The average molecular weight is 480 g/mol. The molecule has 4 nitrogen and oxygen atoms in total. The topological polar surface area (TPSA) is 49.3 Å². The van der Waals surface area contributed by atoms with E-state index >= 15 is 0 Å². The predicted octanol–water partition coefficient (Wildman–Crippen LogP) is 4.21. The molecule has 2 aromatic rings. The van der Waals surface area contributed by atoms with Crippen LogP contribution in [-0.4, -0.2) is 24.0 Å². The highest BCUT2D eigenvalue weighted by Gasteiger charge is 2.11. The van der Waals surface area contributed by atoms with E-state index in [0.717, 1.165) is 17.5 Å². The van der Waals surface area contributed by atoms with Crippen molar-refractivity contribution in [3.8, 4) is 0 Å². The number of guanidine groups is 1. The molecule has 0 bridgehead atoms. The van der Waals surface area contributed by atoms with Crippen LogP contribution >= 0.6 is 35.3 Å². The Balaban J connectivity index is 0.00000312. The third-order valence-corrected chi connectivity index (χ3v) is 4.38. The molecule has 0 aliphatic carbocycles. The molecule has 0 saturated carbocycles. The van der Waals surface area contributed by atoms with E-state index in [1.54, 1.807) is 17.4 Å². The van der Waals surface area contributed by atoms with Gasteiger partial charge in [0.2, 0.25) is 0 Å². The largest absolute Gasteiger partial charge is 0.357 e. The van der Waals surface area contributed by atoms with Crippen molar-refractivity contribution in [3.05, 3.63) is 51.5 Å². The number of aromatic nitrogens is 1. The summed E-state index contributed by atoms with van der Waals surface area (Å²) in [6.07, 6.45) is 2.63. The van der Waals surface area contributed by atoms with E-state index < -0.39 is 11.6 Å². The first-order chi connectivity index (χ1) is 11.5. The van der Waals surface area contributed by atoms with Gasteiger partial charge in [0.15, 0.2) is 17.6 Å². The lowest BCUT2D eigenvalue weighted by Gasteiger charge is -2.18. The normalized spacial score (nSPS) is 12.4. The second-order valence-electron chi connectivity index (χ2n) is 5.41. The maximum absolute atomic E-state index is 13.4. The molecule has 138 valence electrons. The number of halogens is 3. The Bertz CT molecular complexity index is 706. The van der Waals surface area contributed by atoms with Gasteiger partial charge < -0.3 is 10.6 Å². The van der Waals surface area contributed by atoms with Crippen molar-refractivity contribution in [3.63, 3.8) is 0 Å². The van der Waals surface area contributed by atoms with Crippen molar-refractivity contribution in [2.45, 2.75) is 33.2 Å². The molecule has 0 aliphatic rings. The van der Waals surface area contributed by atoms with E-state index in [-0.39, 0.29) is 30.0 Å². The van der Waals surface area contributed by atoms with E-state index in [1.165, 1.54) is 10.9 Å². The molecule has 2 rings (SSSR count). The van der Waals surface area contributed by atoms with E-state index in [1.807, 2.05) is 27.0 Å². The molecule has 0 aliphatic heterocycles. The Morgan fingerprint density at radius 2 is 2.08 bits per heavy atom. The van der Waals surface area contributed by atoms with Crippen LogP contribution in [0.5, 0.6) is 0 Å². The third-order valence-electron chi connectivity index (χ3n) is 3.41. The first-order valence-corrected chi connectivity index (χ1v) is 8.72. The molecule has 2 N–H and O–H groups in total. The summed E-state index contributed by atoms with van der Waals surface area (Å²) < 4.78 is 26.4. The number of thiazole rings is 1. The second-order valence-corrected chi connectivity index (χ2v) is 6.73. The van der Waals surface area contributed by atoms with E-state index in [4.69, 9.17) is 0 Å². The van der Waals surface area contributed by atoms with Gasteiger partial charge in [0, 0.05) is 30.6 Å². The van der Waals surface area contributed by atoms with Crippen LogP contribution in [-0.2, 0) is 6.42 Å². The molecule has 1 unspecified atom stereocenters. The zero-order chi connectivity index (χ0) is 17.5. The quantitative estimate of drug-likeness (QED) is 0.370. The molecule has 1 aromatic heterocycles. The van der Waals surface area contributed by atoms with Crippen molar-refractivity contribution in [1.29, 1.82) is 0 Å². The molecule has 0 amide bonds. The minimum atomic E-state index is -0.845. The number of aryl methyl sites for hydroxylation is 1. The minimum Gasteiger partial charge on any atom is -0.357 e. The van der Waals surface area contributed by atoms with Crippen LogP contribution in [0.2, 0.25) is 0 Å². The third kappa shape index (κ3) is 6.85. The number of rotatable bonds is 6. The van der Waals surface area contributed by atoms with Gasteiger partial charge in [-0.25, -0.2) is 13.8 Å². The Morgan fingerprint density at radius 3 is 2.68 bits per heavy atom. The van der Waals surface area contributed by atoms with Gasteiger partial charge in [-0.2, -0.15) is 0 Å². The summed E-state index contributed by atoms with van der Waals surface area (Å²) in [5.74, 6) is -1.05. The van der Waals surface area contributed by atoms with E-state index in [2.05, 4.69) is 20.6 Å². The summed E-state index contributed by atoms with van der Waals surface area (Å²) in [6, 6.07) is 3.71.